The number of hydrogen-bond donors (Lipinski definition) is 0. The molecule has 0 atom stereocenters. The molecule has 0 saturated carbocycles. The van der Waals surface area contributed by atoms with Gasteiger partial charge in [-0.05, 0) is 49.1 Å². The summed E-state index contributed by atoms with van der Waals surface area (Å²) in [5.41, 5.74) is 0.658. The lowest BCUT2D eigenvalue weighted by atomic mass is 10.1. The molecular weight excluding hydrogens is 348 g/mol. The molecule has 2 amide bonds. The van der Waals surface area contributed by atoms with Crippen LogP contribution in [0.5, 0.6) is 5.75 Å². The van der Waals surface area contributed by atoms with Crippen molar-refractivity contribution in [2.75, 3.05) is 32.8 Å². The van der Waals surface area contributed by atoms with Crippen LogP contribution in [0.1, 0.15) is 28.6 Å². The zero-order chi connectivity index (χ0) is 18.4. The Morgan fingerprint density at radius 1 is 1.04 bits per heavy atom. The van der Waals surface area contributed by atoms with Crippen LogP contribution in [0.25, 0.3) is 0 Å². The second-order valence-corrected chi connectivity index (χ2v) is 7.24. The lowest BCUT2D eigenvalue weighted by Gasteiger charge is -2.35. The summed E-state index contributed by atoms with van der Waals surface area (Å²) in [6.07, 6.45) is 1.33. The van der Waals surface area contributed by atoms with Gasteiger partial charge in [0, 0.05) is 43.0 Å². The minimum atomic E-state index is 0.0127. The SMILES string of the molecule is CCOc1ccc(C(=O)N2CCN(C(=O)CCc3cccs3)CC2)cc1. The van der Waals surface area contributed by atoms with Crippen molar-refractivity contribution in [1.82, 2.24) is 9.80 Å². The normalized spacial score (nSPS) is 14.3. The second-order valence-electron chi connectivity index (χ2n) is 6.21. The fraction of sp³-hybridized carbons (Fsp3) is 0.400. The predicted octanol–water partition coefficient (Wildman–Crippen LogP) is 3.06. The van der Waals surface area contributed by atoms with Gasteiger partial charge in [0.15, 0.2) is 0 Å². The lowest BCUT2D eigenvalue weighted by molar-refractivity contribution is -0.132. The summed E-state index contributed by atoms with van der Waals surface area (Å²) in [7, 11) is 0. The third-order valence-corrected chi connectivity index (χ3v) is 5.43. The van der Waals surface area contributed by atoms with Crippen molar-refractivity contribution < 1.29 is 14.3 Å². The van der Waals surface area contributed by atoms with Gasteiger partial charge < -0.3 is 14.5 Å². The Bertz CT molecular complexity index is 720. The highest BCUT2D eigenvalue weighted by Gasteiger charge is 2.24. The van der Waals surface area contributed by atoms with Gasteiger partial charge in [0.1, 0.15) is 5.75 Å². The van der Waals surface area contributed by atoms with E-state index in [4.69, 9.17) is 4.74 Å². The molecule has 0 spiro atoms. The van der Waals surface area contributed by atoms with Crippen molar-refractivity contribution in [2.45, 2.75) is 19.8 Å². The monoisotopic (exact) mass is 372 g/mol. The molecule has 1 saturated heterocycles. The third kappa shape index (κ3) is 4.64. The van der Waals surface area contributed by atoms with E-state index in [9.17, 15) is 9.59 Å². The average Bonchev–Trinajstić information content (AvgIpc) is 3.20. The molecule has 2 heterocycles. The standard InChI is InChI=1S/C20H24N2O3S/c1-2-25-17-7-5-16(6-8-17)20(24)22-13-11-21(12-14-22)19(23)10-9-18-4-3-15-26-18/h3-8,15H,2,9-14H2,1H3. The lowest BCUT2D eigenvalue weighted by Crippen LogP contribution is -2.50. The highest BCUT2D eigenvalue weighted by Crippen LogP contribution is 2.16. The van der Waals surface area contributed by atoms with Crippen LogP contribution in [0.15, 0.2) is 41.8 Å². The molecule has 0 N–H and O–H groups in total. The first-order valence-electron chi connectivity index (χ1n) is 8.99. The molecule has 2 aromatic rings. The highest BCUT2D eigenvalue weighted by atomic mass is 32.1. The van der Waals surface area contributed by atoms with Gasteiger partial charge in [-0.3, -0.25) is 9.59 Å². The summed E-state index contributed by atoms with van der Waals surface area (Å²) < 4.78 is 5.41. The van der Waals surface area contributed by atoms with E-state index >= 15 is 0 Å². The third-order valence-electron chi connectivity index (χ3n) is 4.50. The van der Waals surface area contributed by atoms with Gasteiger partial charge in [0.05, 0.1) is 6.61 Å². The number of carbonyl (C=O) groups excluding carboxylic acids is 2. The largest absolute Gasteiger partial charge is 0.494 e. The van der Waals surface area contributed by atoms with E-state index in [1.807, 2.05) is 40.3 Å². The summed E-state index contributed by atoms with van der Waals surface area (Å²) in [5, 5.41) is 2.03. The number of thiophene rings is 1. The summed E-state index contributed by atoms with van der Waals surface area (Å²) in [6, 6.07) is 11.3. The van der Waals surface area contributed by atoms with Crippen LogP contribution in [-0.4, -0.2) is 54.4 Å². The first kappa shape index (κ1) is 18.5. The molecule has 6 heteroatoms. The fourth-order valence-corrected chi connectivity index (χ4v) is 3.75. The predicted molar refractivity (Wildman–Crippen MR) is 103 cm³/mol. The smallest absolute Gasteiger partial charge is 0.253 e. The maximum atomic E-state index is 12.6. The number of piperazine rings is 1. The molecule has 1 aliphatic rings. The van der Waals surface area contributed by atoms with E-state index in [0.717, 1.165) is 12.2 Å². The Labute approximate surface area is 158 Å². The van der Waals surface area contributed by atoms with Crippen molar-refractivity contribution >= 4 is 23.2 Å². The first-order chi connectivity index (χ1) is 12.7. The van der Waals surface area contributed by atoms with Gasteiger partial charge in [0.25, 0.3) is 5.91 Å². The van der Waals surface area contributed by atoms with Crippen LogP contribution in [0, 0.1) is 0 Å². The molecule has 0 radical (unpaired) electrons. The van der Waals surface area contributed by atoms with Gasteiger partial charge in [-0.1, -0.05) is 6.07 Å². The Morgan fingerprint density at radius 2 is 1.73 bits per heavy atom. The van der Waals surface area contributed by atoms with Crippen molar-refractivity contribution in [3.63, 3.8) is 0 Å². The molecule has 0 unspecified atom stereocenters. The molecule has 26 heavy (non-hydrogen) atoms. The topological polar surface area (TPSA) is 49.9 Å². The van der Waals surface area contributed by atoms with Crippen LogP contribution in [0.2, 0.25) is 0 Å². The Balaban J connectivity index is 1.48. The van der Waals surface area contributed by atoms with Crippen LogP contribution < -0.4 is 4.74 Å². The molecule has 1 aromatic heterocycles. The minimum Gasteiger partial charge on any atom is -0.494 e. The minimum absolute atomic E-state index is 0.0127. The maximum absolute atomic E-state index is 12.6. The molecule has 1 aromatic carbocycles. The van der Waals surface area contributed by atoms with E-state index in [1.165, 1.54) is 4.88 Å². The quantitative estimate of drug-likeness (QED) is 0.783. The van der Waals surface area contributed by atoms with Crippen LogP contribution in [-0.2, 0) is 11.2 Å². The molecule has 0 bridgehead atoms. The highest BCUT2D eigenvalue weighted by molar-refractivity contribution is 7.09. The van der Waals surface area contributed by atoms with E-state index in [-0.39, 0.29) is 11.8 Å². The number of benzene rings is 1. The number of nitrogens with zero attached hydrogens (tertiary/aromatic N) is 2. The number of hydrogen-bond acceptors (Lipinski definition) is 4. The van der Waals surface area contributed by atoms with Gasteiger partial charge in [0.2, 0.25) is 5.91 Å². The Kier molecular flexibility index (Phi) is 6.28. The van der Waals surface area contributed by atoms with Gasteiger partial charge in [-0.25, -0.2) is 0 Å². The van der Waals surface area contributed by atoms with Gasteiger partial charge in [-0.15, -0.1) is 11.3 Å². The molecule has 138 valence electrons. The van der Waals surface area contributed by atoms with Gasteiger partial charge >= 0.3 is 0 Å². The zero-order valence-electron chi connectivity index (χ0n) is 15.0. The molecule has 1 aliphatic heterocycles. The van der Waals surface area contributed by atoms with Crippen molar-refractivity contribution in [3.8, 4) is 5.75 Å². The average molecular weight is 372 g/mol. The van der Waals surface area contributed by atoms with Crippen LogP contribution in [0.3, 0.4) is 0 Å². The number of carbonyl (C=O) groups is 2. The second kappa shape index (κ2) is 8.85. The van der Waals surface area contributed by atoms with E-state index in [1.54, 1.807) is 23.5 Å². The Morgan fingerprint density at radius 3 is 2.35 bits per heavy atom. The van der Waals surface area contributed by atoms with Crippen molar-refractivity contribution in [2.24, 2.45) is 0 Å². The van der Waals surface area contributed by atoms with Crippen LogP contribution >= 0.6 is 11.3 Å². The maximum Gasteiger partial charge on any atom is 0.253 e. The molecule has 3 rings (SSSR count). The first-order valence-corrected chi connectivity index (χ1v) is 9.87. The number of aryl methyl sites for hydroxylation is 1. The number of ether oxygens (including phenoxy) is 1. The van der Waals surface area contributed by atoms with Crippen LogP contribution in [0.4, 0.5) is 0 Å². The van der Waals surface area contributed by atoms with E-state index < -0.39 is 0 Å². The Hall–Kier alpha value is -2.34. The van der Waals surface area contributed by atoms with Crippen molar-refractivity contribution in [3.05, 3.63) is 52.2 Å². The fourth-order valence-electron chi connectivity index (χ4n) is 3.04. The number of rotatable bonds is 6. The number of amides is 2. The van der Waals surface area contributed by atoms with E-state index in [2.05, 4.69) is 6.07 Å². The summed E-state index contributed by atoms with van der Waals surface area (Å²) in [6.45, 7) is 4.90. The molecular formula is C20H24N2O3S. The van der Waals surface area contributed by atoms with E-state index in [0.29, 0.717) is 44.8 Å². The van der Waals surface area contributed by atoms with Crippen molar-refractivity contribution in [1.29, 1.82) is 0 Å². The summed E-state index contributed by atoms with van der Waals surface area (Å²) in [4.78, 5) is 29.9. The summed E-state index contributed by atoms with van der Waals surface area (Å²) in [5.74, 6) is 0.954. The summed E-state index contributed by atoms with van der Waals surface area (Å²) >= 11 is 1.68. The van der Waals surface area contributed by atoms with Gasteiger partial charge in [-0.2, -0.15) is 0 Å². The zero-order valence-corrected chi connectivity index (χ0v) is 15.8. The molecule has 0 aliphatic carbocycles. The molecule has 1 fully saturated rings. The molecule has 5 nitrogen and oxygen atoms in total.